The maximum absolute atomic E-state index is 12.5. The Morgan fingerprint density at radius 1 is 1.12 bits per heavy atom. The van der Waals surface area contributed by atoms with Crippen LogP contribution in [-0.2, 0) is 10.0 Å². The number of carbonyl (C=O) groups excluding carboxylic acids is 1. The lowest BCUT2D eigenvalue weighted by Gasteiger charge is -2.13. The predicted molar refractivity (Wildman–Crippen MR) is 93.0 cm³/mol. The number of aryl methyl sites for hydroxylation is 1. The second kappa shape index (κ2) is 7.02. The Morgan fingerprint density at radius 2 is 1.83 bits per heavy atom. The van der Waals surface area contributed by atoms with Crippen molar-refractivity contribution in [3.05, 3.63) is 53.6 Å². The average Bonchev–Trinajstić information content (AvgIpc) is 2.55. The van der Waals surface area contributed by atoms with E-state index in [0.717, 1.165) is 9.87 Å². The first kappa shape index (κ1) is 18.0. The lowest BCUT2D eigenvalue weighted by molar-refractivity contribution is 0.102. The summed E-state index contributed by atoms with van der Waals surface area (Å²) in [5, 5.41) is 2.75. The van der Waals surface area contributed by atoms with Crippen molar-refractivity contribution in [2.45, 2.75) is 11.8 Å². The van der Waals surface area contributed by atoms with Crippen LogP contribution in [0, 0.1) is 6.92 Å². The number of nitrogens with zero attached hydrogens (tertiary/aromatic N) is 1. The normalized spacial score (nSPS) is 11.4. The number of amides is 1. The first-order valence-corrected chi connectivity index (χ1v) is 8.68. The van der Waals surface area contributed by atoms with Crippen molar-refractivity contribution in [3.8, 4) is 5.75 Å². The molecule has 24 heavy (non-hydrogen) atoms. The standard InChI is InChI=1S/C17H20N2O4S/c1-12-8-9-16(23-4)15(10-12)18-17(20)13-6-5-7-14(11-13)24(21,22)19(2)3/h5-11H,1-4H3,(H,18,20). The van der Waals surface area contributed by atoms with E-state index in [2.05, 4.69) is 5.32 Å². The average molecular weight is 348 g/mol. The van der Waals surface area contributed by atoms with Crippen molar-refractivity contribution in [1.29, 1.82) is 0 Å². The quantitative estimate of drug-likeness (QED) is 0.901. The number of ether oxygens (including phenoxy) is 1. The number of nitrogens with one attached hydrogen (secondary N) is 1. The molecule has 6 nitrogen and oxygen atoms in total. The molecule has 0 aromatic heterocycles. The minimum absolute atomic E-state index is 0.0661. The van der Waals surface area contributed by atoms with Crippen LogP contribution in [0.15, 0.2) is 47.4 Å². The highest BCUT2D eigenvalue weighted by Gasteiger charge is 2.19. The number of anilines is 1. The van der Waals surface area contributed by atoms with Gasteiger partial charge < -0.3 is 10.1 Å². The number of hydrogen-bond donors (Lipinski definition) is 1. The van der Waals surface area contributed by atoms with Crippen LogP contribution >= 0.6 is 0 Å². The van der Waals surface area contributed by atoms with Crippen LogP contribution in [0.25, 0.3) is 0 Å². The molecule has 2 aromatic carbocycles. The summed E-state index contributed by atoms with van der Waals surface area (Å²) in [5.41, 5.74) is 1.75. The van der Waals surface area contributed by atoms with E-state index >= 15 is 0 Å². The van der Waals surface area contributed by atoms with Gasteiger partial charge in [-0.15, -0.1) is 0 Å². The molecule has 0 radical (unpaired) electrons. The number of hydrogen-bond acceptors (Lipinski definition) is 4. The highest BCUT2D eigenvalue weighted by Crippen LogP contribution is 2.26. The van der Waals surface area contributed by atoms with Crippen LogP contribution in [-0.4, -0.2) is 39.8 Å². The smallest absolute Gasteiger partial charge is 0.255 e. The Kier molecular flexibility index (Phi) is 5.26. The van der Waals surface area contributed by atoms with Crippen LogP contribution in [0.2, 0.25) is 0 Å². The fraction of sp³-hybridized carbons (Fsp3) is 0.235. The molecule has 0 bridgehead atoms. The molecule has 0 aliphatic heterocycles. The molecule has 2 aromatic rings. The number of carbonyl (C=O) groups is 1. The summed E-state index contributed by atoms with van der Waals surface area (Å²) in [6.07, 6.45) is 0. The van der Waals surface area contributed by atoms with Gasteiger partial charge in [0.25, 0.3) is 5.91 Å². The van der Waals surface area contributed by atoms with Crippen LogP contribution in [0.3, 0.4) is 0 Å². The number of benzene rings is 2. The van der Waals surface area contributed by atoms with E-state index in [1.165, 1.54) is 33.3 Å². The molecule has 2 rings (SSSR count). The molecular weight excluding hydrogens is 328 g/mol. The summed E-state index contributed by atoms with van der Waals surface area (Å²) >= 11 is 0. The molecule has 7 heteroatoms. The van der Waals surface area contributed by atoms with Gasteiger partial charge in [-0.25, -0.2) is 12.7 Å². The topological polar surface area (TPSA) is 75.7 Å². The summed E-state index contributed by atoms with van der Waals surface area (Å²) in [6, 6.07) is 11.3. The third kappa shape index (κ3) is 3.74. The van der Waals surface area contributed by atoms with E-state index in [1.54, 1.807) is 24.3 Å². The maximum atomic E-state index is 12.5. The summed E-state index contributed by atoms with van der Waals surface area (Å²) in [6.45, 7) is 1.90. The fourth-order valence-electron chi connectivity index (χ4n) is 2.12. The van der Waals surface area contributed by atoms with Crippen molar-refractivity contribution in [2.75, 3.05) is 26.5 Å². The van der Waals surface area contributed by atoms with Gasteiger partial charge in [0.15, 0.2) is 0 Å². The highest BCUT2D eigenvalue weighted by atomic mass is 32.2. The van der Waals surface area contributed by atoms with E-state index in [9.17, 15) is 13.2 Å². The largest absolute Gasteiger partial charge is 0.495 e. The third-order valence-corrected chi connectivity index (χ3v) is 5.29. The molecule has 128 valence electrons. The van der Waals surface area contributed by atoms with E-state index in [1.807, 2.05) is 13.0 Å². The summed E-state index contributed by atoms with van der Waals surface area (Å²) in [5.74, 6) is 0.126. The number of sulfonamides is 1. The van der Waals surface area contributed by atoms with Gasteiger partial charge in [-0.3, -0.25) is 4.79 Å². The van der Waals surface area contributed by atoms with E-state index in [4.69, 9.17) is 4.74 Å². The van der Waals surface area contributed by atoms with Gasteiger partial charge in [0.1, 0.15) is 5.75 Å². The van der Waals surface area contributed by atoms with Crippen LogP contribution in [0.4, 0.5) is 5.69 Å². The predicted octanol–water partition coefficient (Wildman–Crippen LogP) is 2.51. The van der Waals surface area contributed by atoms with E-state index in [-0.39, 0.29) is 10.5 Å². The zero-order chi connectivity index (χ0) is 17.9. The lowest BCUT2D eigenvalue weighted by atomic mass is 10.1. The molecule has 0 aliphatic carbocycles. The van der Waals surface area contributed by atoms with Crippen molar-refractivity contribution in [2.24, 2.45) is 0 Å². The molecule has 0 aliphatic rings. The highest BCUT2D eigenvalue weighted by molar-refractivity contribution is 7.89. The van der Waals surface area contributed by atoms with Gasteiger partial charge in [0.05, 0.1) is 17.7 Å². The molecule has 0 saturated heterocycles. The van der Waals surface area contributed by atoms with Crippen LogP contribution in [0.1, 0.15) is 15.9 Å². The lowest BCUT2D eigenvalue weighted by Crippen LogP contribution is -2.22. The van der Waals surface area contributed by atoms with Gasteiger partial charge in [0, 0.05) is 19.7 Å². The van der Waals surface area contributed by atoms with Crippen molar-refractivity contribution in [3.63, 3.8) is 0 Å². The molecule has 1 N–H and O–H groups in total. The Hall–Kier alpha value is -2.38. The first-order valence-electron chi connectivity index (χ1n) is 7.24. The first-order chi connectivity index (χ1) is 11.3. The van der Waals surface area contributed by atoms with Gasteiger partial charge in [-0.05, 0) is 42.8 Å². The van der Waals surface area contributed by atoms with Crippen molar-refractivity contribution in [1.82, 2.24) is 4.31 Å². The SMILES string of the molecule is COc1ccc(C)cc1NC(=O)c1cccc(S(=O)(=O)N(C)C)c1. The fourth-order valence-corrected chi connectivity index (χ4v) is 3.07. The Morgan fingerprint density at radius 3 is 2.46 bits per heavy atom. The molecule has 0 heterocycles. The van der Waals surface area contributed by atoms with Gasteiger partial charge >= 0.3 is 0 Å². The minimum Gasteiger partial charge on any atom is -0.495 e. The molecule has 0 fully saturated rings. The van der Waals surface area contributed by atoms with Crippen LogP contribution in [0.5, 0.6) is 5.75 Å². The Bertz CT molecular complexity index is 861. The summed E-state index contributed by atoms with van der Waals surface area (Å²) in [4.78, 5) is 12.5. The maximum Gasteiger partial charge on any atom is 0.255 e. The Balaban J connectivity index is 2.34. The number of methoxy groups -OCH3 is 1. The molecule has 0 atom stereocenters. The van der Waals surface area contributed by atoms with Gasteiger partial charge in [-0.2, -0.15) is 0 Å². The molecular formula is C17H20N2O4S. The molecule has 0 saturated carbocycles. The number of rotatable bonds is 5. The zero-order valence-electron chi connectivity index (χ0n) is 14.0. The van der Waals surface area contributed by atoms with Crippen molar-refractivity contribution < 1.29 is 17.9 Å². The second-order valence-corrected chi connectivity index (χ2v) is 7.62. The van der Waals surface area contributed by atoms with Gasteiger partial charge in [0.2, 0.25) is 10.0 Å². The minimum atomic E-state index is -3.60. The monoisotopic (exact) mass is 348 g/mol. The Labute approximate surface area is 142 Å². The third-order valence-electron chi connectivity index (χ3n) is 3.48. The molecule has 1 amide bonds. The summed E-state index contributed by atoms with van der Waals surface area (Å²) in [7, 11) is 0.810. The van der Waals surface area contributed by atoms with E-state index < -0.39 is 15.9 Å². The van der Waals surface area contributed by atoms with Crippen LogP contribution < -0.4 is 10.1 Å². The van der Waals surface area contributed by atoms with E-state index in [0.29, 0.717) is 11.4 Å². The molecule has 0 spiro atoms. The van der Waals surface area contributed by atoms with Crippen molar-refractivity contribution >= 4 is 21.6 Å². The second-order valence-electron chi connectivity index (χ2n) is 5.47. The van der Waals surface area contributed by atoms with Gasteiger partial charge in [-0.1, -0.05) is 12.1 Å². The zero-order valence-corrected chi connectivity index (χ0v) is 14.8. The summed E-state index contributed by atoms with van der Waals surface area (Å²) < 4.78 is 30.7. The molecule has 0 unspecified atom stereocenters.